The van der Waals surface area contributed by atoms with Crippen LogP contribution >= 0.6 is 0 Å². The second-order valence-electron chi connectivity index (χ2n) is 7.46. The highest BCUT2D eigenvalue weighted by Gasteiger charge is 2.57. The minimum Gasteiger partial charge on any atom is -0.443 e. The van der Waals surface area contributed by atoms with Crippen molar-refractivity contribution in [3.05, 3.63) is 17.8 Å². The van der Waals surface area contributed by atoms with Gasteiger partial charge in [-0.2, -0.15) is 0 Å². The van der Waals surface area contributed by atoms with Crippen molar-refractivity contribution in [1.29, 1.82) is 0 Å². The first-order valence-electron chi connectivity index (χ1n) is 7.84. The van der Waals surface area contributed by atoms with Gasteiger partial charge in [-0.15, -0.1) is 0 Å². The van der Waals surface area contributed by atoms with E-state index in [0.29, 0.717) is 12.4 Å². The Morgan fingerprint density at radius 2 is 2.19 bits per heavy atom. The number of hydrogen-bond acceptors (Lipinski definition) is 4. The highest BCUT2D eigenvalue weighted by atomic mass is 16.4. The second kappa shape index (κ2) is 5.13. The third kappa shape index (κ3) is 2.98. The normalized spacial score (nSPS) is 24.0. The summed E-state index contributed by atoms with van der Waals surface area (Å²) in [5, 5.41) is 6.34. The third-order valence-corrected chi connectivity index (χ3v) is 4.81. The minimum absolute atomic E-state index is 0.0507. The molecule has 1 aliphatic carbocycles. The van der Waals surface area contributed by atoms with Crippen LogP contribution in [0.25, 0.3) is 0 Å². The molecule has 2 aliphatic rings. The van der Waals surface area contributed by atoms with Crippen LogP contribution in [0.1, 0.15) is 51.7 Å². The fourth-order valence-corrected chi connectivity index (χ4v) is 3.22. The Balaban J connectivity index is 1.52. The predicted molar refractivity (Wildman–Crippen MR) is 79.7 cm³/mol. The lowest BCUT2D eigenvalue weighted by molar-refractivity contribution is -0.123. The van der Waals surface area contributed by atoms with Gasteiger partial charge in [-0.05, 0) is 37.8 Å². The zero-order valence-electron chi connectivity index (χ0n) is 13.2. The minimum atomic E-state index is -0.0507. The smallest absolute Gasteiger partial charge is 0.224 e. The summed E-state index contributed by atoms with van der Waals surface area (Å²) in [7, 11) is 0. The Kier molecular flexibility index (Phi) is 3.56. The molecule has 116 valence electrons. The number of nitrogens with one attached hydrogen (secondary N) is 2. The molecule has 1 unspecified atom stereocenters. The van der Waals surface area contributed by atoms with Crippen LogP contribution in [0.2, 0.25) is 0 Å². The van der Waals surface area contributed by atoms with Crippen molar-refractivity contribution in [2.45, 2.75) is 52.0 Å². The van der Waals surface area contributed by atoms with E-state index < -0.39 is 0 Å². The number of hydrogen-bond donors (Lipinski definition) is 2. The summed E-state index contributed by atoms with van der Waals surface area (Å²) in [4.78, 5) is 16.5. The van der Waals surface area contributed by atoms with Crippen LogP contribution in [0.4, 0.5) is 0 Å². The largest absolute Gasteiger partial charge is 0.443 e. The van der Waals surface area contributed by atoms with Crippen LogP contribution in [-0.2, 0) is 16.8 Å². The maximum absolute atomic E-state index is 12.3. The van der Waals surface area contributed by atoms with Crippen molar-refractivity contribution >= 4 is 5.91 Å². The Morgan fingerprint density at radius 3 is 2.81 bits per heavy atom. The van der Waals surface area contributed by atoms with Gasteiger partial charge in [0.1, 0.15) is 5.76 Å². The van der Waals surface area contributed by atoms with E-state index in [4.69, 9.17) is 4.42 Å². The molecule has 3 rings (SSSR count). The predicted octanol–water partition coefficient (Wildman–Crippen LogP) is 1.98. The first-order chi connectivity index (χ1) is 9.91. The number of piperidine rings is 1. The van der Waals surface area contributed by atoms with Crippen molar-refractivity contribution in [2.75, 3.05) is 13.1 Å². The molecule has 21 heavy (non-hydrogen) atoms. The topological polar surface area (TPSA) is 67.2 Å². The Morgan fingerprint density at radius 1 is 1.48 bits per heavy atom. The standard InChI is InChI=1S/C16H25N3O2/c1-15(2,3)12-9-18-13(21-12)10-19-14(20)11-8-16(11)4-6-17-7-5-16/h9,11,17H,4-8,10H2,1-3H3,(H,19,20). The summed E-state index contributed by atoms with van der Waals surface area (Å²) in [6, 6.07) is 0. The van der Waals surface area contributed by atoms with E-state index in [0.717, 1.165) is 38.1 Å². The summed E-state index contributed by atoms with van der Waals surface area (Å²) in [5.41, 5.74) is 0.230. The van der Waals surface area contributed by atoms with Gasteiger partial charge >= 0.3 is 0 Å². The van der Waals surface area contributed by atoms with Gasteiger partial charge in [0.25, 0.3) is 0 Å². The lowest BCUT2D eigenvalue weighted by atomic mass is 9.92. The maximum atomic E-state index is 12.3. The Hall–Kier alpha value is -1.36. The van der Waals surface area contributed by atoms with E-state index in [9.17, 15) is 4.79 Å². The molecule has 2 fully saturated rings. The van der Waals surface area contributed by atoms with E-state index in [2.05, 4.69) is 36.4 Å². The molecule has 1 atom stereocenters. The van der Waals surface area contributed by atoms with Crippen molar-refractivity contribution in [3.63, 3.8) is 0 Å². The van der Waals surface area contributed by atoms with Crippen molar-refractivity contribution in [2.24, 2.45) is 11.3 Å². The van der Waals surface area contributed by atoms with Gasteiger partial charge in [0.15, 0.2) is 0 Å². The maximum Gasteiger partial charge on any atom is 0.224 e. The highest BCUT2D eigenvalue weighted by Crippen LogP contribution is 2.58. The van der Waals surface area contributed by atoms with Gasteiger partial charge in [-0.25, -0.2) is 4.98 Å². The molecule has 5 nitrogen and oxygen atoms in total. The fraction of sp³-hybridized carbons (Fsp3) is 0.750. The van der Waals surface area contributed by atoms with Gasteiger partial charge in [0.05, 0.1) is 12.7 Å². The monoisotopic (exact) mass is 291 g/mol. The number of nitrogens with zero attached hydrogens (tertiary/aromatic N) is 1. The lowest BCUT2D eigenvalue weighted by Crippen LogP contribution is -2.33. The molecule has 0 radical (unpaired) electrons. The molecule has 2 heterocycles. The second-order valence-corrected chi connectivity index (χ2v) is 7.46. The van der Waals surface area contributed by atoms with Gasteiger partial charge in [-0.3, -0.25) is 4.79 Å². The summed E-state index contributed by atoms with van der Waals surface area (Å²) >= 11 is 0. The van der Waals surface area contributed by atoms with Crippen LogP contribution in [0, 0.1) is 11.3 Å². The van der Waals surface area contributed by atoms with E-state index in [1.54, 1.807) is 6.20 Å². The van der Waals surface area contributed by atoms with E-state index in [1.807, 2.05) is 0 Å². The van der Waals surface area contributed by atoms with Crippen LogP contribution < -0.4 is 10.6 Å². The Labute approximate surface area is 125 Å². The third-order valence-electron chi connectivity index (χ3n) is 4.81. The van der Waals surface area contributed by atoms with Crippen LogP contribution in [0.5, 0.6) is 0 Å². The van der Waals surface area contributed by atoms with Crippen LogP contribution in [-0.4, -0.2) is 24.0 Å². The number of amides is 1. The van der Waals surface area contributed by atoms with Gasteiger partial charge < -0.3 is 15.1 Å². The summed E-state index contributed by atoms with van der Waals surface area (Å²) < 4.78 is 5.70. The molecule has 1 spiro atoms. The number of carbonyl (C=O) groups excluding carboxylic acids is 1. The van der Waals surface area contributed by atoms with Gasteiger partial charge in [0, 0.05) is 11.3 Å². The molecule has 1 aromatic rings. The summed E-state index contributed by atoms with van der Waals surface area (Å²) in [5.74, 6) is 1.80. The SMILES string of the molecule is CC(C)(C)c1cnc(CNC(=O)C2CC23CCNCC3)o1. The zero-order valence-corrected chi connectivity index (χ0v) is 13.2. The summed E-state index contributed by atoms with van der Waals surface area (Å²) in [6.07, 6.45) is 5.04. The number of aromatic nitrogens is 1. The molecule has 1 amide bonds. The average molecular weight is 291 g/mol. The summed E-state index contributed by atoms with van der Waals surface area (Å²) in [6.45, 7) is 8.72. The number of carbonyl (C=O) groups is 1. The number of rotatable bonds is 3. The lowest BCUT2D eigenvalue weighted by Gasteiger charge is -2.23. The molecule has 5 heteroatoms. The molecule has 1 aliphatic heterocycles. The molecule has 1 aromatic heterocycles. The average Bonchev–Trinajstić information content (AvgIpc) is 2.91. The first-order valence-corrected chi connectivity index (χ1v) is 7.84. The van der Waals surface area contributed by atoms with E-state index in [1.165, 1.54) is 0 Å². The van der Waals surface area contributed by atoms with Crippen molar-refractivity contribution in [3.8, 4) is 0 Å². The van der Waals surface area contributed by atoms with E-state index >= 15 is 0 Å². The van der Waals surface area contributed by atoms with Gasteiger partial charge in [-0.1, -0.05) is 20.8 Å². The van der Waals surface area contributed by atoms with E-state index in [-0.39, 0.29) is 22.7 Å². The van der Waals surface area contributed by atoms with Gasteiger partial charge in [0.2, 0.25) is 11.8 Å². The van der Waals surface area contributed by atoms with Crippen LogP contribution in [0.15, 0.2) is 10.6 Å². The Bertz CT molecular complexity index is 524. The fourth-order valence-electron chi connectivity index (χ4n) is 3.22. The molecule has 1 saturated heterocycles. The zero-order chi connectivity index (χ0) is 15.1. The first kappa shape index (κ1) is 14.6. The highest BCUT2D eigenvalue weighted by molar-refractivity contribution is 5.82. The molecule has 0 bridgehead atoms. The van der Waals surface area contributed by atoms with Crippen molar-refractivity contribution < 1.29 is 9.21 Å². The van der Waals surface area contributed by atoms with Crippen molar-refractivity contribution in [1.82, 2.24) is 15.6 Å². The quantitative estimate of drug-likeness (QED) is 0.893. The number of oxazole rings is 1. The molecule has 1 saturated carbocycles. The molecule has 0 aromatic carbocycles. The molecular weight excluding hydrogens is 266 g/mol. The molecular formula is C16H25N3O2. The molecule has 2 N–H and O–H groups in total. The van der Waals surface area contributed by atoms with Crippen LogP contribution in [0.3, 0.4) is 0 Å².